The number of nitrogens with zero attached hydrogens (tertiary/aromatic N) is 1. The van der Waals surface area contributed by atoms with Gasteiger partial charge in [0.15, 0.2) is 0 Å². The van der Waals surface area contributed by atoms with Crippen molar-refractivity contribution in [3.8, 4) is 0 Å². The monoisotopic (exact) mass is 468 g/mol. The quantitative estimate of drug-likeness (QED) is 0.421. The summed E-state index contributed by atoms with van der Waals surface area (Å²) in [5.41, 5.74) is 0.895. The molecule has 3 aromatic rings. The van der Waals surface area contributed by atoms with Crippen LogP contribution in [0.5, 0.6) is 0 Å². The summed E-state index contributed by atoms with van der Waals surface area (Å²) in [5, 5.41) is 0.585. The molecular formula is C22H20ClF3N2O2S. The molecule has 0 saturated carbocycles. The van der Waals surface area contributed by atoms with E-state index < -0.39 is 21.8 Å². The van der Waals surface area contributed by atoms with Gasteiger partial charge < -0.3 is 4.90 Å². The lowest BCUT2D eigenvalue weighted by Crippen LogP contribution is -2.28. The number of hydrogen-bond donors (Lipinski definition) is 1. The third-order valence-electron chi connectivity index (χ3n) is 4.53. The first kappa shape index (κ1) is 23.1. The highest BCUT2D eigenvalue weighted by atomic mass is 35.5. The molecule has 0 fully saturated rings. The van der Waals surface area contributed by atoms with E-state index in [1.807, 2.05) is 53.4 Å². The summed E-state index contributed by atoms with van der Waals surface area (Å²) in [6.07, 6.45) is -4.06. The van der Waals surface area contributed by atoms with Crippen molar-refractivity contribution in [1.29, 1.82) is 0 Å². The average molecular weight is 469 g/mol. The van der Waals surface area contributed by atoms with Crippen LogP contribution in [-0.4, -0.2) is 21.5 Å². The highest BCUT2D eigenvalue weighted by Crippen LogP contribution is 2.30. The maximum absolute atomic E-state index is 12.7. The van der Waals surface area contributed by atoms with Crippen molar-refractivity contribution < 1.29 is 21.6 Å². The van der Waals surface area contributed by atoms with E-state index in [9.17, 15) is 21.6 Å². The lowest BCUT2D eigenvalue weighted by molar-refractivity contribution is -0.137. The fraction of sp³-hybridized carbons (Fsp3) is 0.182. The molecule has 3 aromatic carbocycles. The molecule has 31 heavy (non-hydrogen) atoms. The summed E-state index contributed by atoms with van der Waals surface area (Å²) >= 11 is 6.12. The smallest absolute Gasteiger partial charge is 0.341 e. The van der Waals surface area contributed by atoms with Gasteiger partial charge in [-0.3, -0.25) is 0 Å². The molecule has 0 spiro atoms. The van der Waals surface area contributed by atoms with Crippen LogP contribution in [0.4, 0.5) is 24.5 Å². The molecule has 0 aromatic heterocycles. The van der Waals surface area contributed by atoms with E-state index in [1.54, 1.807) is 6.07 Å². The number of rotatable bonds is 8. The second-order valence-electron chi connectivity index (χ2n) is 6.74. The van der Waals surface area contributed by atoms with E-state index in [2.05, 4.69) is 4.72 Å². The predicted molar refractivity (Wildman–Crippen MR) is 116 cm³/mol. The van der Waals surface area contributed by atoms with Crippen LogP contribution >= 0.6 is 11.6 Å². The Morgan fingerprint density at radius 1 is 0.871 bits per heavy atom. The van der Waals surface area contributed by atoms with Gasteiger partial charge >= 0.3 is 6.18 Å². The highest BCUT2D eigenvalue weighted by molar-refractivity contribution is 7.89. The van der Waals surface area contributed by atoms with Crippen molar-refractivity contribution in [2.45, 2.75) is 17.5 Å². The lowest BCUT2D eigenvalue weighted by Gasteiger charge is -2.25. The number of halogens is 4. The lowest BCUT2D eigenvalue weighted by atomic mass is 10.2. The van der Waals surface area contributed by atoms with Gasteiger partial charge in [-0.05, 0) is 61.0 Å². The Balaban J connectivity index is 1.65. The molecule has 0 aliphatic carbocycles. The topological polar surface area (TPSA) is 49.4 Å². The molecular weight excluding hydrogens is 449 g/mol. The van der Waals surface area contributed by atoms with Crippen LogP contribution in [0.25, 0.3) is 0 Å². The van der Waals surface area contributed by atoms with E-state index >= 15 is 0 Å². The maximum Gasteiger partial charge on any atom is 0.416 e. The molecule has 0 aliphatic rings. The van der Waals surface area contributed by atoms with E-state index in [-0.39, 0.29) is 11.4 Å². The zero-order valence-electron chi connectivity index (χ0n) is 16.3. The minimum absolute atomic E-state index is 0.118. The zero-order chi connectivity index (χ0) is 22.5. The maximum atomic E-state index is 12.7. The first-order chi connectivity index (χ1) is 14.7. The molecule has 0 atom stereocenters. The van der Waals surface area contributed by atoms with Crippen LogP contribution in [0, 0.1) is 0 Å². The second-order valence-corrected chi connectivity index (χ2v) is 8.94. The van der Waals surface area contributed by atoms with Crippen molar-refractivity contribution in [2.24, 2.45) is 0 Å². The fourth-order valence-corrected chi connectivity index (χ4v) is 4.27. The number of alkyl halides is 3. The Kier molecular flexibility index (Phi) is 7.25. The number of hydrogen-bond acceptors (Lipinski definition) is 3. The second kappa shape index (κ2) is 9.72. The highest BCUT2D eigenvalue weighted by Gasteiger charge is 2.30. The van der Waals surface area contributed by atoms with Gasteiger partial charge in [0.1, 0.15) is 0 Å². The van der Waals surface area contributed by atoms with Gasteiger partial charge in [0.2, 0.25) is 10.0 Å². The Hall–Kier alpha value is -2.55. The van der Waals surface area contributed by atoms with Gasteiger partial charge in [-0.1, -0.05) is 35.9 Å². The van der Waals surface area contributed by atoms with E-state index in [0.717, 1.165) is 35.6 Å². The summed E-state index contributed by atoms with van der Waals surface area (Å²) in [6, 6.07) is 20.3. The largest absolute Gasteiger partial charge is 0.416 e. The molecule has 0 saturated heterocycles. The molecule has 0 aliphatic heterocycles. The molecule has 3 rings (SSSR count). The van der Waals surface area contributed by atoms with Crippen LogP contribution in [0.15, 0.2) is 83.8 Å². The van der Waals surface area contributed by atoms with Gasteiger partial charge in [0, 0.05) is 29.5 Å². The van der Waals surface area contributed by atoms with E-state index in [0.29, 0.717) is 18.0 Å². The minimum Gasteiger partial charge on any atom is -0.341 e. The van der Waals surface area contributed by atoms with Crippen LogP contribution in [-0.2, 0) is 16.2 Å². The first-order valence-electron chi connectivity index (χ1n) is 9.42. The van der Waals surface area contributed by atoms with Crippen molar-refractivity contribution in [3.63, 3.8) is 0 Å². The van der Waals surface area contributed by atoms with Crippen LogP contribution in [0.2, 0.25) is 5.02 Å². The fourth-order valence-electron chi connectivity index (χ4n) is 3.01. The average Bonchev–Trinajstić information content (AvgIpc) is 2.74. The van der Waals surface area contributed by atoms with Crippen LogP contribution in [0.3, 0.4) is 0 Å². The molecule has 9 heteroatoms. The Bertz CT molecular complexity index is 1110. The Labute approximate surface area is 184 Å². The van der Waals surface area contributed by atoms with Crippen LogP contribution < -0.4 is 9.62 Å². The first-order valence-corrected chi connectivity index (χ1v) is 11.3. The van der Waals surface area contributed by atoms with Gasteiger partial charge in [-0.25, -0.2) is 13.1 Å². The van der Waals surface area contributed by atoms with E-state index in [1.165, 1.54) is 0 Å². The molecule has 0 unspecified atom stereocenters. The molecule has 4 nitrogen and oxygen atoms in total. The minimum atomic E-state index is -4.52. The SMILES string of the molecule is O=S(=O)(NCCCN(c1ccccc1)c1cccc(Cl)c1)c1ccc(C(F)(F)F)cc1. The van der Waals surface area contributed by atoms with Crippen molar-refractivity contribution in [3.05, 3.63) is 89.4 Å². The summed E-state index contributed by atoms with van der Waals surface area (Å²) in [7, 11) is -3.91. The summed E-state index contributed by atoms with van der Waals surface area (Å²) in [4.78, 5) is 1.80. The summed E-state index contributed by atoms with van der Waals surface area (Å²) in [5.74, 6) is 0. The predicted octanol–water partition coefficient (Wildman–Crippen LogP) is 5.87. The van der Waals surface area contributed by atoms with Gasteiger partial charge in [-0.15, -0.1) is 0 Å². The number of sulfonamides is 1. The number of anilines is 2. The standard InChI is InChI=1S/C22H20ClF3N2O2S/c23-18-6-4-9-20(16-18)28(19-7-2-1-3-8-19)15-5-14-27-31(29,30)21-12-10-17(11-13-21)22(24,25)26/h1-4,6-13,16,27H,5,14-15H2. The van der Waals surface area contributed by atoms with E-state index in [4.69, 9.17) is 11.6 Å². The Morgan fingerprint density at radius 2 is 1.52 bits per heavy atom. The zero-order valence-corrected chi connectivity index (χ0v) is 17.9. The number of para-hydroxylation sites is 1. The van der Waals surface area contributed by atoms with Crippen molar-refractivity contribution >= 4 is 33.0 Å². The number of nitrogens with one attached hydrogen (secondary N) is 1. The molecule has 0 bridgehead atoms. The molecule has 164 valence electrons. The molecule has 1 N–H and O–H groups in total. The molecule has 0 amide bonds. The third kappa shape index (κ3) is 6.22. The summed E-state index contributed by atoms with van der Waals surface area (Å²) in [6.45, 7) is 0.618. The van der Waals surface area contributed by atoms with Crippen molar-refractivity contribution in [2.75, 3.05) is 18.0 Å². The normalized spacial score (nSPS) is 12.0. The van der Waals surface area contributed by atoms with Crippen molar-refractivity contribution in [1.82, 2.24) is 4.72 Å². The van der Waals surface area contributed by atoms with Gasteiger partial charge in [-0.2, -0.15) is 13.2 Å². The molecule has 0 radical (unpaired) electrons. The number of benzene rings is 3. The van der Waals surface area contributed by atoms with Crippen LogP contribution in [0.1, 0.15) is 12.0 Å². The van der Waals surface area contributed by atoms with Gasteiger partial charge in [0.05, 0.1) is 10.5 Å². The molecule has 0 heterocycles. The summed E-state index contributed by atoms with van der Waals surface area (Å²) < 4.78 is 65.2. The Morgan fingerprint density at radius 3 is 2.13 bits per heavy atom. The van der Waals surface area contributed by atoms with Gasteiger partial charge in [0.25, 0.3) is 0 Å². The third-order valence-corrected chi connectivity index (χ3v) is 6.24.